The summed E-state index contributed by atoms with van der Waals surface area (Å²) >= 11 is 1.63. The fourth-order valence-electron chi connectivity index (χ4n) is 2.21. The molecule has 0 aliphatic rings. The molecule has 3 aromatic heterocycles. The Bertz CT molecular complexity index is 655. The summed E-state index contributed by atoms with van der Waals surface area (Å²) < 4.78 is 7.50. The Labute approximate surface area is 115 Å². The van der Waals surface area contributed by atoms with Crippen LogP contribution in [-0.4, -0.2) is 23.0 Å². The lowest BCUT2D eigenvalue weighted by Crippen LogP contribution is -2.19. The van der Waals surface area contributed by atoms with Crippen LogP contribution in [0.5, 0.6) is 0 Å². The van der Waals surface area contributed by atoms with Gasteiger partial charge in [0.05, 0.1) is 18.5 Å². The zero-order valence-electron chi connectivity index (χ0n) is 10.7. The van der Waals surface area contributed by atoms with Crippen LogP contribution in [0.15, 0.2) is 34.4 Å². The first-order valence-electron chi connectivity index (χ1n) is 6.17. The second kappa shape index (κ2) is 5.07. The number of hydrogen-bond acceptors (Lipinski definition) is 5. The van der Waals surface area contributed by atoms with E-state index in [0.29, 0.717) is 13.1 Å². The maximum absolute atomic E-state index is 5.71. The molecule has 19 heavy (non-hydrogen) atoms. The lowest BCUT2D eigenvalue weighted by molar-refractivity contribution is 0.507. The maximum Gasteiger partial charge on any atom is 0.195 e. The lowest BCUT2D eigenvalue weighted by Gasteiger charge is -2.16. The molecular weight excluding hydrogens is 260 g/mol. The number of thiazole rings is 1. The van der Waals surface area contributed by atoms with Crippen LogP contribution in [0, 0.1) is 0 Å². The monoisotopic (exact) mass is 276 g/mol. The van der Waals surface area contributed by atoms with Crippen molar-refractivity contribution in [3.63, 3.8) is 0 Å². The van der Waals surface area contributed by atoms with E-state index in [4.69, 9.17) is 10.2 Å². The van der Waals surface area contributed by atoms with Crippen LogP contribution >= 0.6 is 11.3 Å². The van der Waals surface area contributed by atoms with Gasteiger partial charge in [0.15, 0.2) is 10.8 Å². The first kappa shape index (κ1) is 12.3. The first-order valence-corrected chi connectivity index (χ1v) is 7.05. The average molecular weight is 276 g/mol. The molecule has 0 amide bonds. The highest BCUT2D eigenvalue weighted by atomic mass is 32.1. The number of imidazole rings is 1. The van der Waals surface area contributed by atoms with Gasteiger partial charge in [-0.25, -0.2) is 4.98 Å². The number of furan rings is 1. The number of aromatic nitrogens is 2. The molecule has 0 unspecified atom stereocenters. The van der Waals surface area contributed by atoms with Crippen molar-refractivity contribution in [3.05, 3.63) is 41.4 Å². The predicted octanol–water partition coefficient (Wildman–Crippen LogP) is 2.13. The van der Waals surface area contributed by atoms with Crippen molar-refractivity contribution in [2.75, 3.05) is 18.5 Å². The van der Waals surface area contributed by atoms with Gasteiger partial charge in [-0.15, -0.1) is 11.3 Å². The Kier molecular flexibility index (Phi) is 3.27. The summed E-state index contributed by atoms with van der Waals surface area (Å²) in [5.74, 6) is 1.91. The van der Waals surface area contributed by atoms with Crippen molar-refractivity contribution in [2.45, 2.75) is 13.0 Å². The summed E-state index contributed by atoms with van der Waals surface area (Å²) in [7, 11) is 2.02. The Morgan fingerprint density at radius 3 is 3.16 bits per heavy atom. The van der Waals surface area contributed by atoms with E-state index < -0.39 is 0 Å². The van der Waals surface area contributed by atoms with Gasteiger partial charge in [-0.2, -0.15) is 0 Å². The Balaban J connectivity index is 1.94. The zero-order valence-corrected chi connectivity index (χ0v) is 11.6. The average Bonchev–Trinajstić information content (AvgIpc) is 3.07. The predicted molar refractivity (Wildman–Crippen MR) is 76.6 cm³/mol. The molecule has 0 spiro atoms. The third-order valence-electron chi connectivity index (χ3n) is 3.06. The summed E-state index contributed by atoms with van der Waals surface area (Å²) in [4.78, 5) is 7.79. The van der Waals surface area contributed by atoms with E-state index >= 15 is 0 Å². The molecule has 0 bridgehead atoms. The van der Waals surface area contributed by atoms with E-state index in [-0.39, 0.29) is 0 Å². The van der Waals surface area contributed by atoms with Crippen LogP contribution < -0.4 is 10.6 Å². The normalized spacial score (nSPS) is 11.3. The Morgan fingerprint density at radius 1 is 1.53 bits per heavy atom. The molecule has 0 fully saturated rings. The standard InChI is InChI=1S/C13H16N4OS/c1-16(9-10-3-2-7-18-10)12-11(4-5-14)17-6-8-19-13(17)15-12/h2-3,6-8H,4-5,9,14H2,1H3. The molecule has 0 saturated heterocycles. The number of hydrogen-bond donors (Lipinski definition) is 1. The van der Waals surface area contributed by atoms with Crippen molar-refractivity contribution < 1.29 is 4.42 Å². The minimum atomic E-state index is 0.616. The van der Waals surface area contributed by atoms with Crippen LogP contribution in [0.4, 0.5) is 5.82 Å². The van der Waals surface area contributed by atoms with Gasteiger partial charge in [-0.1, -0.05) is 0 Å². The van der Waals surface area contributed by atoms with E-state index in [9.17, 15) is 0 Å². The molecule has 5 nitrogen and oxygen atoms in total. The molecule has 0 atom stereocenters. The Morgan fingerprint density at radius 2 is 2.42 bits per heavy atom. The second-order valence-corrected chi connectivity index (χ2v) is 5.28. The van der Waals surface area contributed by atoms with E-state index in [0.717, 1.165) is 28.7 Å². The summed E-state index contributed by atoms with van der Waals surface area (Å²) in [5, 5.41) is 2.04. The zero-order chi connectivity index (χ0) is 13.2. The fourth-order valence-corrected chi connectivity index (χ4v) is 2.94. The van der Waals surface area contributed by atoms with Crippen molar-refractivity contribution in [1.82, 2.24) is 9.38 Å². The van der Waals surface area contributed by atoms with E-state index in [1.54, 1.807) is 17.6 Å². The third-order valence-corrected chi connectivity index (χ3v) is 3.81. The summed E-state index contributed by atoms with van der Waals surface area (Å²) in [6, 6.07) is 3.87. The topological polar surface area (TPSA) is 59.7 Å². The maximum atomic E-state index is 5.71. The highest BCUT2D eigenvalue weighted by Crippen LogP contribution is 2.25. The van der Waals surface area contributed by atoms with E-state index in [1.165, 1.54) is 0 Å². The smallest absolute Gasteiger partial charge is 0.195 e. The molecule has 3 heterocycles. The van der Waals surface area contributed by atoms with Gasteiger partial charge < -0.3 is 15.1 Å². The van der Waals surface area contributed by atoms with Gasteiger partial charge in [-0.05, 0) is 18.7 Å². The molecule has 0 aliphatic carbocycles. The largest absolute Gasteiger partial charge is 0.467 e. The summed E-state index contributed by atoms with van der Waals surface area (Å²) in [5.41, 5.74) is 6.87. The van der Waals surface area contributed by atoms with Gasteiger partial charge in [0.25, 0.3) is 0 Å². The van der Waals surface area contributed by atoms with Gasteiger partial charge in [0, 0.05) is 25.0 Å². The number of nitrogens with two attached hydrogens (primary N) is 1. The molecule has 3 rings (SSSR count). The first-order chi connectivity index (χ1) is 9.29. The van der Waals surface area contributed by atoms with Crippen LogP contribution in [0.1, 0.15) is 11.5 Å². The van der Waals surface area contributed by atoms with Gasteiger partial charge >= 0.3 is 0 Å². The highest BCUT2D eigenvalue weighted by molar-refractivity contribution is 7.15. The molecule has 0 radical (unpaired) electrons. The van der Waals surface area contributed by atoms with Crippen molar-refractivity contribution in [2.24, 2.45) is 5.73 Å². The number of anilines is 1. The number of fused-ring (bicyclic) bond motifs is 1. The fraction of sp³-hybridized carbons (Fsp3) is 0.308. The molecule has 0 saturated carbocycles. The van der Waals surface area contributed by atoms with Crippen molar-refractivity contribution in [1.29, 1.82) is 0 Å². The third kappa shape index (κ3) is 2.24. The molecule has 2 N–H and O–H groups in total. The number of rotatable bonds is 5. The Hall–Kier alpha value is -1.79. The van der Waals surface area contributed by atoms with Gasteiger partial charge in [-0.3, -0.25) is 4.40 Å². The molecule has 100 valence electrons. The van der Waals surface area contributed by atoms with Crippen LogP contribution in [0.25, 0.3) is 4.96 Å². The SMILES string of the molecule is CN(Cc1ccco1)c1nc2sccn2c1CCN. The van der Waals surface area contributed by atoms with Crippen molar-refractivity contribution in [3.8, 4) is 0 Å². The lowest BCUT2D eigenvalue weighted by atomic mass is 10.3. The quantitative estimate of drug-likeness (QED) is 0.775. The number of nitrogens with zero attached hydrogens (tertiary/aromatic N) is 3. The van der Waals surface area contributed by atoms with Crippen LogP contribution in [-0.2, 0) is 13.0 Å². The van der Waals surface area contributed by atoms with Crippen LogP contribution in [0.2, 0.25) is 0 Å². The molecule has 3 aromatic rings. The minimum Gasteiger partial charge on any atom is -0.467 e. The molecular formula is C13H16N4OS. The van der Waals surface area contributed by atoms with E-state index in [2.05, 4.69) is 14.3 Å². The summed E-state index contributed by atoms with van der Waals surface area (Å²) in [6.45, 7) is 1.32. The van der Waals surface area contributed by atoms with Crippen molar-refractivity contribution >= 4 is 22.1 Å². The molecule has 0 aliphatic heterocycles. The second-order valence-electron chi connectivity index (χ2n) is 4.41. The van der Waals surface area contributed by atoms with E-state index in [1.807, 2.05) is 30.8 Å². The van der Waals surface area contributed by atoms with Crippen LogP contribution in [0.3, 0.4) is 0 Å². The van der Waals surface area contributed by atoms with Gasteiger partial charge in [0.1, 0.15) is 5.76 Å². The highest BCUT2D eigenvalue weighted by Gasteiger charge is 2.16. The van der Waals surface area contributed by atoms with Gasteiger partial charge in [0.2, 0.25) is 0 Å². The molecule has 6 heteroatoms. The summed E-state index contributed by atoms with van der Waals surface area (Å²) in [6.07, 6.45) is 4.55. The minimum absolute atomic E-state index is 0.616. The molecule has 0 aromatic carbocycles.